The molecule has 1 rings (SSSR count). The quantitative estimate of drug-likeness (QED) is 0.680. The molecule has 2 nitrogen and oxygen atoms in total. The van der Waals surface area contributed by atoms with Crippen LogP contribution in [-0.4, -0.2) is 35.2 Å². The van der Waals surface area contributed by atoms with E-state index in [1.807, 2.05) is 13.8 Å². The van der Waals surface area contributed by atoms with Gasteiger partial charge in [0.05, 0.1) is 5.60 Å². The summed E-state index contributed by atoms with van der Waals surface area (Å²) in [5.41, 5.74) is -0.531. The van der Waals surface area contributed by atoms with Crippen molar-refractivity contribution in [1.82, 2.24) is 4.90 Å². The molecular weight excluding hydrogens is 150 g/mol. The Morgan fingerprint density at radius 3 is 2.67 bits per heavy atom. The van der Waals surface area contributed by atoms with Crippen molar-refractivity contribution in [2.75, 3.05) is 19.6 Å². The minimum Gasteiger partial charge on any atom is -0.389 e. The Morgan fingerprint density at radius 1 is 1.50 bits per heavy atom. The molecule has 72 valence electrons. The van der Waals surface area contributed by atoms with Crippen molar-refractivity contribution in [1.29, 1.82) is 0 Å². The van der Waals surface area contributed by atoms with Crippen molar-refractivity contribution in [2.45, 2.75) is 39.2 Å². The van der Waals surface area contributed by atoms with Crippen molar-refractivity contribution in [3.05, 3.63) is 0 Å². The van der Waals surface area contributed by atoms with Gasteiger partial charge in [-0.2, -0.15) is 0 Å². The summed E-state index contributed by atoms with van der Waals surface area (Å²) in [6, 6.07) is 0. The second-order valence-electron chi connectivity index (χ2n) is 4.79. The van der Waals surface area contributed by atoms with E-state index in [-0.39, 0.29) is 0 Å². The summed E-state index contributed by atoms with van der Waals surface area (Å²) in [6.07, 6.45) is 2.64. The summed E-state index contributed by atoms with van der Waals surface area (Å²) in [5, 5.41) is 9.61. The maximum absolute atomic E-state index is 9.61. The van der Waals surface area contributed by atoms with E-state index in [2.05, 4.69) is 11.8 Å². The number of nitrogens with zero attached hydrogens (tertiary/aromatic N) is 1. The van der Waals surface area contributed by atoms with E-state index in [9.17, 15) is 5.11 Å². The lowest BCUT2D eigenvalue weighted by Gasteiger charge is -2.34. The van der Waals surface area contributed by atoms with E-state index >= 15 is 0 Å². The summed E-state index contributed by atoms with van der Waals surface area (Å²) in [6.45, 7) is 9.19. The average molecular weight is 171 g/mol. The van der Waals surface area contributed by atoms with Gasteiger partial charge < -0.3 is 10.0 Å². The Hall–Kier alpha value is -0.0800. The highest BCUT2D eigenvalue weighted by Gasteiger charge is 2.22. The smallest absolute Gasteiger partial charge is 0.0718 e. The van der Waals surface area contributed by atoms with Crippen molar-refractivity contribution in [2.24, 2.45) is 5.92 Å². The molecule has 0 aromatic heterocycles. The highest BCUT2D eigenvalue weighted by Crippen LogP contribution is 2.17. The molecule has 12 heavy (non-hydrogen) atoms. The molecule has 1 atom stereocenters. The second-order valence-corrected chi connectivity index (χ2v) is 4.79. The average Bonchev–Trinajstić information content (AvgIpc) is 1.82. The third kappa shape index (κ3) is 3.55. The van der Waals surface area contributed by atoms with Crippen LogP contribution in [-0.2, 0) is 0 Å². The van der Waals surface area contributed by atoms with Crippen LogP contribution in [0.4, 0.5) is 0 Å². The van der Waals surface area contributed by atoms with Crippen molar-refractivity contribution < 1.29 is 5.11 Å². The van der Waals surface area contributed by atoms with Gasteiger partial charge in [-0.05, 0) is 39.2 Å². The summed E-state index contributed by atoms with van der Waals surface area (Å²) in [4.78, 5) is 2.37. The van der Waals surface area contributed by atoms with Crippen LogP contribution in [0.3, 0.4) is 0 Å². The Bertz CT molecular complexity index is 139. The maximum Gasteiger partial charge on any atom is 0.0718 e. The molecule has 0 aromatic carbocycles. The molecule has 0 spiro atoms. The summed E-state index contributed by atoms with van der Waals surface area (Å²) < 4.78 is 0. The minimum atomic E-state index is -0.531. The first-order valence-corrected chi connectivity index (χ1v) is 4.92. The topological polar surface area (TPSA) is 23.5 Å². The fraction of sp³-hybridized carbons (Fsp3) is 1.00. The Kier molecular flexibility index (Phi) is 3.13. The van der Waals surface area contributed by atoms with Crippen LogP contribution in [0.15, 0.2) is 0 Å². The van der Waals surface area contributed by atoms with Gasteiger partial charge in [-0.25, -0.2) is 0 Å². The van der Waals surface area contributed by atoms with E-state index < -0.39 is 5.60 Å². The van der Waals surface area contributed by atoms with E-state index in [0.717, 1.165) is 25.6 Å². The Morgan fingerprint density at radius 2 is 2.17 bits per heavy atom. The number of rotatable bonds is 2. The normalized spacial score (nSPS) is 27.5. The van der Waals surface area contributed by atoms with Gasteiger partial charge in [-0.15, -0.1) is 0 Å². The molecule has 0 bridgehead atoms. The van der Waals surface area contributed by atoms with E-state index in [1.165, 1.54) is 12.8 Å². The number of piperidine rings is 1. The second kappa shape index (κ2) is 3.75. The summed E-state index contributed by atoms with van der Waals surface area (Å²) >= 11 is 0. The van der Waals surface area contributed by atoms with E-state index in [0.29, 0.717) is 0 Å². The molecule has 1 aliphatic heterocycles. The van der Waals surface area contributed by atoms with E-state index in [4.69, 9.17) is 0 Å². The lowest BCUT2D eigenvalue weighted by Crippen LogP contribution is -2.43. The Balaban J connectivity index is 2.32. The predicted molar refractivity (Wildman–Crippen MR) is 51.1 cm³/mol. The standard InChI is InChI=1S/C10H21NO/c1-9-5-4-6-11(7-9)8-10(2,3)12/h9,12H,4-8H2,1-3H3/t9-/m0/s1. The molecule has 1 aliphatic rings. The molecule has 1 fully saturated rings. The van der Waals surface area contributed by atoms with Crippen LogP contribution in [0.5, 0.6) is 0 Å². The van der Waals surface area contributed by atoms with Crippen LogP contribution in [0, 0.1) is 5.92 Å². The molecule has 2 heteroatoms. The molecule has 0 saturated carbocycles. The van der Waals surface area contributed by atoms with Crippen molar-refractivity contribution in [3.8, 4) is 0 Å². The third-order valence-electron chi connectivity index (χ3n) is 2.35. The van der Waals surface area contributed by atoms with Crippen molar-refractivity contribution >= 4 is 0 Å². The molecule has 0 radical (unpaired) electrons. The highest BCUT2D eigenvalue weighted by molar-refractivity contribution is 4.76. The molecule has 0 aliphatic carbocycles. The zero-order valence-electron chi connectivity index (χ0n) is 8.51. The SMILES string of the molecule is C[C@H]1CCCN(CC(C)(C)O)C1. The number of β-amino-alcohol motifs (C(OH)–C–C–N with tert-alkyl or cyclic N) is 1. The van der Waals surface area contributed by atoms with Gasteiger partial charge in [-0.3, -0.25) is 0 Å². The number of hydrogen-bond donors (Lipinski definition) is 1. The van der Waals surface area contributed by atoms with Gasteiger partial charge in [0.15, 0.2) is 0 Å². The van der Waals surface area contributed by atoms with Gasteiger partial charge >= 0.3 is 0 Å². The van der Waals surface area contributed by atoms with Crippen LogP contribution in [0.2, 0.25) is 0 Å². The first-order valence-electron chi connectivity index (χ1n) is 4.92. The van der Waals surface area contributed by atoms with Gasteiger partial charge in [-0.1, -0.05) is 6.92 Å². The molecule has 1 heterocycles. The van der Waals surface area contributed by atoms with Crippen LogP contribution in [0.1, 0.15) is 33.6 Å². The van der Waals surface area contributed by atoms with Gasteiger partial charge in [0, 0.05) is 13.1 Å². The maximum atomic E-state index is 9.61. The third-order valence-corrected chi connectivity index (χ3v) is 2.35. The minimum absolute atomic E-state index is 0.531. The molecule has 0 amide bonds. The molecular formula is C10H21NO. The fourth-order valence-corrected chi connectivity index (χ4v) is 1.98. The zero-order chi connectivity index (χ0) is 9.19. The molecule has 1 N–H and O–H groups in total. The van der Waals surface area contributed by atoms with Crippen LogP contribution >= 0.6 is 0 Å². The fourth-order valence-electron chi connectivity index (χ4n) is 1.98. The van der Waals surface area contributed by atoms with Crippen LogP contribution in [0.25, 0.3) is 0 Å². The lowest BCUT2D eigenvalue weighted by molar-refractivity contribution is 0.0231. The number of aliphatic hydroxyl groups is 1. The molecule has 0 aromatic rings. The Labute approximate surface area is 75.6 Å². The highest BCUT2D eigenvalue weighted by atomic mass is 16.3. The van der Waals surface area contributed by atoms with Gasteiger partial charge in [0.25, 0.3) is 0 Å². The van der Waals surface area contributed by atoms with Gasteiger partial charge in [0.2, 0.25) is 0 Å². The van der Waals surface area contributed by atoms with Gasteiger partial charge in [0.1, 0.15) is 0 Å². The number of likely N-dealkylation sites (tertiary alicyclic amines) is 1. The largest absolute Gasteiger partial charge is 0.389 e. The first-order chi connectivity index (χ1) is 5.47. The monoisotopic (exact) mass is 171 g/mol. The molecule has 0 unspecified atom stereocenters. The predicted octanol–water partition coefficient (Wildman–Crippen LogP) is 1.49. The van der Waals surface area contributed by atoms with Crippen LogP contribution < -0.4 is 0 Å². The summed E-state index contributed by atoms with van der Waals surface area (Å²) in [5.74, 6) is 0.807. The lowest BCUT2D eigenvalue weighted by atomic mass is 9.98. The number of hydrogen-bond acceptors (Lipinski definition) is 2. The zero-order valence-corrected chi connectivity index (χ0v) is 8.51. The first kappa shape index (κ1) is 10.0. The van der Waals surface area contributed by atoms with E-state index in [1.54, 1.807) is 0 Å². The summed E-state index contributed by atoms with van der Waals surface area (Å²) in [7, 11) is 0. The molecule has 1 saturated heterocycles. The van der Waals surface area contributed by atoms with Crippen molar-refractivity contribution in [3.63, 3.8) is 0 Å².